The van der Waals surface area contributed by atoms with Gasteiger partial charge in [0.15, 0.2) is 0 Å². The van der Waals surface area contributed by atoms with Gasteiger partial charge in [0.2, 0.25) is 0 Å². The number of hydrogen-bond donors (Lipinski definition) is 1. The Kier molecular flexibility index (Phi) is 5.36. The number of ether oxygens (including phenoxy) is 1. The van der Waals surface area contributed by atoms with Crippen molar-refractivity contribution in [3.8, 4) is 11.1 Å². The van der Waals surface area contributed by atoms with E-state index < -0.39 is 30.2 Å². The topological polar surface area (TPSA) is 55.6 Å². The number of halogens is 3. The van der Waals surface area contributed by atoms with Crippen LogP contribution in [0.15, 0.2) is 42.5 Å². The van der Waals surface area contributed by atoms with Crippen LogP contribution in [-0.4, -0.2) is 48.3 Å². The average molecular weight is 407 g/mol. The summed E-state index contributed by atoms with van der Waals surface area (Å²) in [5.74, 6) is -0.676. The van der Waals surface area contributed by atoms with Crippen LogP contribution in [-0.2, 0) is 16.0 Å². The number of likely N-dealkylation sites (tertiary alicyclic amines) is 1. The van der Waals surface area contributed by atoms with Gasteiger partial charge >= 0.3 is 0 Å². The maximum absolute atomic E-state index is 15.2. The Labute approximate surface area is 167 Å². The SMILES string of the molecule is N[C@H]1[C@@H](F)CN(C(=O)C2CCO2)[C@H]1Cc1cccc(-c2cccc(Cl)c2)c1F. The molecule has 2 aliphatic rings. The van der Waals surface area contributed by atoms with Gasteiger partial charge in [-0.2, -0.15) is 0 Å². The first kappa shape index (κ1) is 19.3. The third kappa shape index (κ3) is 3.52. The number of hydrogen-bond acceptors (Lipinski definition) is 3. The minimum atomic E-state index is -1.34. The predicted octanol–water partition coefficient (Wildman–Crippen LogP) is 3.35. The van der Waals surface area contributed by atoms with Crippen molar-refractivity contribution in [2.24, 2.45) is 5.73 Å². The molecule has 0 saturated carbocycles. The van der Waals surface area contributed by atoms with Crippen molar-refractivity contribution in [2.75, 3.05) is 13.2 Å². The van der Waals surface area contributed by atoms with Crippen molar-refractivity contribution >= 4 is 17.5 Å². The van der Waals surface area contributed by atoms with Crippen LogP contribution in [0.4, 0.5) is 8.78 Å². The number of nitrogens with zero attached hydrogens (tertiary/aromatic N) is 1. The van der Waals surface area contributed by atoms with Crippen molar-refractivity contribution in [3.63, 3.8) is 0 Å². The van der Waals surface area contributed by atoms with Gasteiger partial charge in [-0.15, -0.1) is 0 Å². The van der Waals surface area contributed by atoms with Crippen molar-refractivity contribution < 1.29 is 18.3 Å². The molecule has 7 heteroatoms. The van der Waals surface area contributed by atoms with E-state index in [1.54, 1.807) is 42.5 Å². The van der Waals surface area contributed by atoms with E-state index in [0.717, 1.165) is 0 Å². The number of carbonyl (C=O) groups is 1. The van der Waals surface area contributed by atoms with Crippen molar-refractivity contribution in [3.05, 3.63) is 58.9 Å². The van der Waals surface area contributed by atoms with Gasteiger partial charge in [-0.3, -0.25) is 4.79 Å². The van der Waals surface area contributed by atoms with Gasteiger partial charge in [-0.05, 0) is 29.7 Å². The number of amides is 1. The maximum atomic E-state index is 15.2. The Morgan fingerprint density at radius 3 is 2.71 bits per heavy atom. The number of alkyl halides is 1. The van der Waals surface area contributed by atoms with E-state index in [0.29, 0.717) is 34.7 Å². The molecule has 0 aromatic heterocycles. The van der Waals surface area contributed by atoms with Gasteiger partial charge in [0.25, 0.3) is 5.91 Å². The predicted molar refractivity (Wildman–Crippen MR) is 103 cm³/mol. The second-order valence-electron chi connectivity index (χ2n) is 7.29. The van der Waals surface area contributed by atoms with Crippen molar-refractivity contribution in [2.45, 2.75) is 37.2 Å². The van der Waals surface area contributed by atoms with E-state index in [1.165, 1.54) is 4.90 Å². The molecule has 2 aromatic rings. The summed E-state index contributed by atoms with van der Waals surface area (Å²) >= 11 is 6.03. The molecular weight excluding hydrogens is 386 g/mol. The Hall–Kier alpha value is -2.02. The minimum absolute atomic E-state index is 0.0832. The highest BCUT2D eigenvalue weighted by atomic mass is 35.5. The van der Waals surface area contributed by atoms with E-state index in [4.69, 9.17) is 22.1 Å². The molecule has 4 rings (SSSR count). The molecule has 0 radical (unpaired) electrons. The monoisotopic (exact) mass is 406 g/mol. The lowest BCUT2D eigenvalue weighted by Gasteiger charge is -2.33. The van der Waals surface area contributed by atoms with Gasteiger partial charge in [0.05, 0.1) is 25.2 Å². The quantitative estimate of drug-likeness (QED) is 0.847. The van der Waals surface area contributed by atoms with Crippen LogP contribution in [0, 0.1) is 5.82 Å². The van der Waals surface area contributed by atoms with Gasteiger partial charge in [-0.1, -0.05) is 41.9 Å². The summed E-state index contributed by atoms with van der Waals surface area (Å²) in [7, 11) is 0. The first-order chi connectivity index (χ1) is 13.5. The molecule has 2 saturated heterocycles. The first-order valence-electron chi connectivity index (χ1n) is 9.31. The summed E-state index contributed by atoms with van der Waals surface area (Å²) in [5.41, 5.74) is 7.48. The number of nitrogens with two attached hydrogens (primary N) is 1. The van der Waals surface area contributed by atoms with E-state index in [1.807, 2.05) is 0 Å². The molecule has 2 fully saturated rings. The van der Waals surface area contributed by atoms with Gasteiger partial charge in [0, 0.05) is 17.0 Å². The third-order valence-electron chi connectivity index (χ3n) is 5.53. The average Bonchev–Trinajstić information content (AvgIpc) is 2.90. The minimum Gasteiger partial charge on any atom is -0.368 e. The molecular formula is C21H21ClF2N2O2. The summed E-state index contributed by atoms with van der Waals surface area (Å²) < 4.78 is 34.8. The Morgan fingerprint density at radius 1 is 1.29 bits per heavy atom. The first-order valence-corrected chi connectivity index (χ1v) is 9.68. The molecule has 2 aromatic carbocycles. The molecule has 4 atom stereocenters. The summed E-state index contributed by atoms with van der Waals surface area (Å²) in [5, 5.41) is 0.512. The van der Waals surface area contributed by atoms with Crippen molar-refractivity contribution in [1.29, 1.82) is 0 Å². The zero-order chi connectivity index (χ0) is 19.8. The zero-order valence-electron chi connectivity index (χ0n) is 15.2. The molecule has 2 heterocycles. The van der Waals surface area contributed by atoms with Gasteiger partial charge in [0.1, 0.15) is 18.1 Å². The lowest BCUT2D eigenvalue weighted by Crippen LogP contribution is -2.51. The largest absolute Gasteiger partial charge is 0.368 e. The van der Waals surface area contributed by atoms with Crippen LogP contribution < -0.4 is 5.73 Å². The highest BCUT2D eigenvalue weighted by Crippen LogP contribution is 2.31. The van der Waals surface area contributed by atoms with E-state index in [9.17, 15) is 9.18 Å². The fourth-order valence-electron chi connectivity index (χ4n) is 3.85. The van der Waals surface area contributed by atoms with Crippen LogP contribution in [0.25, 0.3) is 11.1 Å². The molecule has 28 heavy (non-hydrogen) atoms. The molecule has 1 amide bonds. The van der Waals surface area contributed by atoms with Crippen LogP contribution in [0.2, 0.25) is 5.02 Å². The summed E-state index contributed by atoms with van der Waals surface area (Å²) in [6, 6.07) is 10.5. The second-order valence-corrected chi connectivity index (χ2v) is 7.73. The molecule has 4 nitrogen and oxygen atoms in total. The van der Waals surface area contributed by atoms with Gasteiger partial charge < -0.3 is 15.4 Å². The fraction of sp³-hybridized carbons (Fsp3) is 0.381. The normalized spacial score (nSPS) is 26.9. The van der Waals surface area contributed by atoms with Crippen LogP contribution in [0.3, 0.4) is 0 Å². The molecule has 0 aliphatic carbocycles. The second kappa shape index (κ2) is 7.78. The van der Waals surface area contributed by atoms with E-state index in [2.05, 4.69) is 0 Å². The standard InChI is InChI=1S/C21H21ClF2N2O2/c22-14-5-1-3-12(9-14)15-6-2-4-13(19(15)24)10-17-20(25)16(23)11-26(17)21(27)18-7-8-28-18/h1-6,9,16-18,20H,7-8,10-11,25H2/t16-,17-,18?,20-/m0/s1. The number of carbonyl (C=O) groups excluding carboxylic acids is 1. The highest BCUT2D eigenvalue weighted by molar-refractivity contribution is 6.30. The number of benzene rings is 2. The Bertz CT molecular complexity index is 890. The lowest BCUT2D eigenvalue weighted by atomic mass is 9.95. The fourth-order valence-corrected chi connectivity index (χ4v) is 4.04. The molecule has 0 spiro atoms. The lowest BCUT2D eigenvalue weighted by molar-refractivity contribution is -0.157. The highest BCUT2D eigenvalue weighted by Gasteiger charge is 2.45. The molecule has 0 bridgehead atoms. The smallest absolute Gasteiger partial charge is 0.252 e. The number of rotatable bonds is 4. The van der Waals surface area contributed by atoms with Crippen LogP contribution in [0.1, 0.15) is 12.0 Å². The Morgan fingerprint density at radius 2 is 2.04 bits per heavy atom. The van der Waals surface area contributed by atoms with E-state index in [-0.39, 0.29) is 18.9 Å². The summed E-state index contributed by atoms with van der Waals surface area (Å²) in [6.45, 7) is 0.441. The Balaban J connectivity index is 1.62. The zero-order valence-corrected chi connectivity index (χ0v) is 15.9. The molecule has 148 valence electrons. The van der Waals surface area contributed by atoms with Crippen LogP contribution >= 0.6 is 11.6 Å². The van der Waals surface area contributed by atoms with Crippen LogP contribution in [0.5, 0.6) is 0 Å². The molecule has 2 aliphatic heterocycles. The maximum Gasteiger partial charge on any atom is 0.252 e. The summed E-state index contributed by atoms with van der Waals surface area (Å²) in [6.07, 6.45) is -1.12. The molecule has 2 N–H and O–H groups in total. The summed E-state index contributed by atoms with van der Waals surface area (Å²) in [4.78, 5) is 14.0. The van der Waals surface area contributed by atoms with Gasteiger partial charge in [-0.25, -0.2) is 8.78 Å². The third-order valence-corrected chi connectivity index (χ3v) is 5.77. The van der Waals surface area contributed by atoms with E-state index >= 15 is 4.39 Å². The molecule has 1 unspecified atom stereocenters. The van der Waals surface area contributed by atoms with Crippen molar-refractivity contribution in [1.82, 2.24) is 4.90 Å².